The summed E-state index contributed by atoms with van der Waals surface area (Å²) >= 11 is 7.39. The first kappa shape index (κ1) is 8.66. The topological polar surface area (TPSA) is 56.0 Å². The number of hydrogen-bond donors (Lipinski definition) is 0. The Bertz CT molecular complexity index is 305. The van der Waals surface area contributed by atoms with Crippen molar-refractivity contribution >= 4 is 40.0 Å². The summed E-state index contributed by atoms with van der Waals surface area (Å²) < 4.78 is 0.372. The van der Waals surface area contributed by atoms with E-state index >= 15 is 0 Å². The number of rotatable bonds is 1. The van der Waals surface area contributed by atoms with Crippen LogP contribution in [-0.2, 0) is 0 Å². The Kier molecular flexibility index (Phi) is 2.61. The van der Waals surface area contributed by atoms with Gasteiger partial charge < -0.3 is 10.1 Å². The number of pyridine rings is 1. The van der Waals surface area contributed by atoms with Gasteiger partial charge in [0, 0.05) is 6.07 Å². The second-order valence-corrected chi connectivity index (χ2v) is 3.17. The van der Waals surface area contributed by atoms with Gasteiger partial charge in [-0.1, -0.05) is 11.6 Å². The van der Waals surface area contributed by atoms with Crippen LogP contribution in [0.5, 0.6) is 0 Å². The van der Waals surface area contributed by atoms with Crippen LogP contribution >= 0.6 is 34.2 Å². The third kappa shape index (κ3) is 1.78. The number of aromatic nitrogens is 1. The van der Waals surface area contributed by atoms with Crippen LogP contribution in [0.15, 0.2) is 12.3 Å². The van der Waals surface area contributed by atoms with Crippen LogP contribution in [0.2, 0.25) is 5.02 Å². The van der Waals surface area contributed by atoms with Crippen molar-refractivity contribution in [2.75, 3.05) is 0 Å². The molecule has 0 aliphatic heterocycles. The molecule has 0 atom stereocenters. The van der Waals surface area contributed by atoms with Gasteiger partial charge in [0.25, 0.3) is 0 Å². The molecule has 0 amide bonds. The first-order valence-corrected chi connectivity index (χ1v) is 4.03. The fourth-order valence-corrected chi connectivity index (χ4v) is 1.19. The number of halogens is 2. The van der Waals surface area contributed by atoms with Crippen molar-refractivity contribution in [3.8, 4) is 0 Å². The zero-order valence-corrected chi connectivity index (χ0v) is 8.03. The van der Waals surface area contributed by atoms with E-state index in [-0.39, 0.29) is 5.82 Å². The molecule has 0 bridgehead atoms. The lowest BCUT2D eigenvalue weighted by Crippen LogP contribution is -1.94. The summed E-state index contributed by atoms with van der Waals surface area (Å²) in [6, 6.07) is 1.51. The van der Waals surface area contributed by atoms with Gasteiger partial charge in [0.05, 0.1) is 5.02 Å². The Morgan fingerprint density at radius 2 is 2.36 bits per heavy atom. The molecule has 0 aliphatic carbocycles. The van der Waals surface area contributed by atoms with Crippen LogP contribution in [0.1, 0.15) is 0 Å². The van der Waals surface area contributed by atoms with E-state index < -0.39 is 4.92 Å². The van der Waals surface area contributed by atoms with Gasteiger partial charge in [-0.25, -0.2) is 0 Å². The molecule has 0 saturated carbocycles. The van der Waals surface area contributed by atoms with Crippen molar-refractivity contribution in [3.05, 3.63) is 31.0 Å². The van der Waals surface area contributed by atoms with E-state index in [1.54, 1.807) is 22.6 Å². The number of hydrogen-bond acceptors (Lipinski definition) is 3. The van der Waals surface area contributed by atoms with Gasteiger partial charge in [0.15, 0.2) is 0 Å². The van der Waals surface area contributed by atoms with E-state index in [1.807, 2.05) is 0 Å². The molecule has 1 aromatic rings. The molecule has 0 radical (unpaired) electrons. The van der Waals surface area contributed by atoms with Crippen molar-refractivity contribution in [3.63, 3.8) is 0 Å². The van der Waals surface area contributed by atoms with Gasteiger partial charge in [-0.15, -0.1) is 0 Å². The predicted molar refractivity (Wildman–Crippen MR) is 48.6 cm³/mol. The second-order valence-electron chi connectivity index (χ2n) is 1.69. The first-order chi connectivity index (χ1) is 5.13. The lowest BCUT2D eigenvalue weighted by Gasteiger charge is -1.94. The third-order valence-electron chi connectivity index (χ3n) is 0.997. The molecule has 0 saturated heterocycles. The molecule has 0 aromatic carbocycles. The van der Waals surface area contributed by atoms with Crippen molar-refractivity contribution in [1.82, 2.24) is 4.98 Å². The molecule has 6 heteroatoms. The van der Waals surface area contributed by atoms with Crippen molar-refractivity contribution < 1.29 is 4.92 Å². The van der Waals surface area contributed by atoms with Gasteiger partial charge in [-0.3, -0.25) is 0 Å². The SMILES string of the molecule is O=[N+]([O-])c1nccc(Cl)c1I. The zero-order chi connectivity index (χ0) is 8.43. The minimum absolute atomic E-state index is 0.196. The van der Waals surface area contributed by atoms with Crippen LogP contribution < -0.4 is 0 Å². The highest BCUT2D eigenvalue weighted by Crippen LogP contribution is 2.24. The highest BCUT2D eigenvalue weighted by atomic mass is 127. The predicted octanol–water partition coefficient (Wildman–Crippen LogP) is 2.25. The highest BCUT2D eigenvalue weighted by molar-refractivity contribution is 14.1. The largest absolute Gasteiger partial charge is 0.378 e. The molecule has 0 spiro atoms. The smallest absolute Gasteiger partial charge is 0.358 e. The van der Waals surface area contributed by atoms with Gasteiger partial charge in [0.1, 0.15) is 9.77 Å². The Labute approximate surface area is 80.9 Å². The molecule has 1 heterocycles. The average molecular weight is 284 g/mol. The Morgan fingerprint density at radius 1 is 1.73 bits per heavy atom. The standard InChI is InChI=1S/C5H2ClIN2O2/c6-3-1-2-8-5(4(3)7)9(10)11/h1-2H. The molecule has 11 heavy (non-hydrogen) atoms. The van der Waals surface area contributed by atoms with E-state index in [0.29, 0.717) is 8.59 Å². The minimum atomic E-state index is -0.562. The van der Waals surface area contributed by atoms with E-state index in [4.69, 9.17) is 11.6 Å². The summed E-state index contributed by atoms with van der Waals surface area (Å²) in [6.45, 7) is 0. The fourth-order valence-electron chi connectivity index (χ4n) is 0.537. The van der Waals surface area contributed by atoms with Gasteiger partial charge in [0.2, 0.25) is 0 Å². The molecule has 1 aromatic heterocycles. The van der Waals surface area contributed by atoms with Crippen molar-refractivity contribution in [1.29, 1.82) is 0 Å². The molecule has 1 rings (SSSR count). The third-order valence-corrected chi connectivity index (χ3v) is 2.69. The Balaban J connectivity index is 3.27. The first-order valence-electron chi connectivity index (χ1n) is 2.57. The summed E-state index contributed by atoms with van der Waals surface area (Å²) in [4.78, 5) is 13.2. The Morgan fingerprint density at radius 3 is 2.82 bits per heavy atom. The molecular formula is C5H2ClIN2O2. The summed E-state index contributed by atoms with van der Waals surface area (Å²) in [7, 11) is 0. The van der Waals surface area contributed by atoms with Crippen molar-refractivity contribution in [2.24, 2.45) is 0 Å². The van der Waals surface area contributed by atoms with E-state index in [2.05, 4.69) is 4.98 Å². The second kappa shape index (κ2) is 3.31. The maximum absolute atomic E-state index is 10.3. The lowest BCUT2D eigenvalue weighted by atomic mass is 10.5. The highest BCUT2D eigenvalue weighted by Gasteiger charge is 2.14. The molecule has 58 valence electrons. The number of nitrogens with zero attached hydrogens (tertiary/aromatic N) is 2. The summed E-state index contributed by atoms with van der Waals surface area (Å²) in [5.74, 6) is -0.196. The van der Waals surface area contributed by atoms with Gasteiger partial charge in [-0.05, 0) is 32.5 Å². The Hall–Kier alpha value is -0.430. The molecule has 0 fully saturated rings. The van der Waals surface area contributed by atoms with Gasteiger partial charge >= 0.3 is 5.82 Å². The van der Waals surface area contributed by atoms with Crippen LogP contribution in [-0.4, -0.2) is 9.91 Å². The van der Waals surface area contributed by atoms with Crippen LogP contribution in [0.3, 0.4) is 0 Å². The number of nitro groups is 1. The average Bonchev–Trinajstić information content (AvgIpc) is 1.94. The molecule has 4 nitrogen and oxygen atoms in total. The van der Waals surface area contributed by atoms with Crippen LogP contribution in [0, 0.1) is 13.7 Å². The van der Waals surface area contributed by atoms with Gasteiger partial charge in [-0.2, -0.15) is 0 Å². The molecule has 0 aliphatic rings. The summed E-state index contributed by atoms with van der Waals surface area (Å²) in [5.41, 5.74) is 0. The van der Waals surface area contributed by atoms with E-state index in [0.717, 1.165) is 0 Å². The maximum Gasteiger partial charge on any atom is 0.378 e. The van der Waals surface area contributed by atoms with E-state index in [1.165, 1.54) is 12.3 Å². The minimum Gasteiger partial charge on any atom is -0.358 e. The quantitative estimate of drug-likeness (QED) is 0.451. The summed E-state index contributed by atoms with van der Waals surface area (Å²) in [6.07, 6.45) is 1.31. The maximum atomic E-state index is 10.3. The summed E-state index contributed by atoms with van der Waals surface area (Å²) in [5, 5.41) is 10.6. The van der Waals surface area contributed by atoms with Crippen LogP contribution in [0.25, 0.3) is 0 Å². The lowest BCUT2D eigenvalue weighted by molar-refractivity contribution is -0.390. The normalized spacial score (nSPS) is 9.64. The zero-order valence-electron chi connectivity index (χ0n) is 5.12. The molecule has 0 N–H and O–H groups in total. The van der Waals surface area contributed by atoms with Crippen LogP contribution in [0.4, 0.5) is 5.82 Å². The van der Waals surface area contributed by atoms with E-state index in [9.17, 15) is 10.1 Å². The monoisotopic (exact) mass is 284 g/mol. The van der Waals surface area contributed by atoms with Crippen molar-refractivity contribution in [2.45, 2.75) is 0 Å². The molecular weight excluding hydrogens is 282 g/mol. The fraction of sp³-hybridized carbons (Fsp3) is 0. The molecule has 0 unspecified atom stereocenters.